The SMILES string of the molecule is C#CCC(C)NC(=O)c1cc(F)ccc1Br. The second-order valence-electron chi connectivity index (χ2n) is 3.41. The van der Waals surface area contributed by atoms with Gasteiger partial charge >= 0.3 is 0 Å². The molecule has 1 unspecified atom stereocenters. The lowest BCUT2D eigenvalue weighted by molar-refractivity contribution is 0.0939. The van der Waals surface area contributed by atoms with E-state index in [1.807, 2.05) is 0 Å². The fourth-order valence-electron chi connectivity index (χ4n) is 1.20. The van der Waals surface area contributed by atoms with Crippen LogP contribution in [0.2, 0.25) is 0 Å². The van der Waals surface area contributed by atoms with Crippen LogP contribution in [-0.4, -0.2) is 11.9 Å². The Morgan fingerprint density at radius 2 is 2.38 bits per heavy atom. The van der Waals surface area contributed by atoms with Crippen LogP contribution in [0.5, 0.6) is 0 Å². The number of terminal acetylenes is 1. The van der Waals surface area contributed by atoms with Crippen molar-refractivity contribution in [2.45, 2.75) is 19.4 Å². The molecule has 0 aliphatic heterocycles. The highest BCUT2D eigenvalue weighted by Gasteiger charge is 2.13. The Balaban J connectivity index is 2.81. The number of hydrogen-bond acceptors (Lipinski definition) is 1. The van der Waals surface area contributed by atoms with E-state index < -0.39 is 5.82 Å². The van der Waals surface area contributed by atoms with Gasteiger partial charge in [-0.05, 0) is 41.1 Å². The first-order valence-electron chi connectivity index (χ1n) is 4.74. The Hall–Kier alpha value is -1.34. The highest BCUT2D eigenvalue weighted by molar-refractivity contribution is 9.10. The molecule has 1 amide bonds. The molecule has 0 saturated heterocycles. The van der Waals surface area contributed by atoms with Gasteiger partial charge < -0.3 is 5.32 Å². The molecule has 0 aromatic heterocycles. The molecule has 0 aliphatic carbocycles. The molecule has 0 bridgehead atoms. The van der Waals surface area contributed by atoms with E-state index in [1.165, 1.54) is 18.2 Å². The average Bonchev–Trinajstić information content (AvgIpc) is 2.21. The van der Waals surface area contributed by atoms with Gasteiger partial charge in [-0.3, -0.25) is 4.79 Å². The predicted octanol–water partition coefficient (Wildman–Crippen LogP) is 2.73. The van der Waals surface area contributed by atoms with Gasteiger partial charge in [0.25, 0.3) is 5.91 Å². The Morgan fingerprint density at radius 3 is 3.00 bits per heavy atom. The molecule has 0 aliphatic rings. The summed E-state index contributed by atoms with van der Waals surface area (Å²) in [5.41, 5.74) is 0.267. The molecule has 0 heterocycles. The van der Waals surface area contributed by atoms with Crippen LogP contribution in [-0.2, 0) is 0 Å². The molecule has 1 rings (SSSR count). The van der Waals surface area contributed by atoms with Gasteiger partial charge in [0.15, 0.2) is 0 Å². The molecule has 0 radical (unpaired) electrons. The number of hydrogen-bond donors (Lipinski definition) is 1. The van der Waals surface area contributed by atoms with Crippen LogP contribution in [0.3, 0.4) is 0 Å². The molecule has 2 nitrogen and oxygen atoms in total. The van der Waals surface area contributed by atoms with Crippen LogP contribution in [0, 0.1) is 18.2 Å². The zero-order valence-electron chi connectivity index (χ0n) is 8.76. The molecule has 0 saturated carbocycles. The monoisotopic (exact) mass is 283 g/mol. The Labute approximate surface area is 102 Å². The van der Waals surface area contributed by atoms with Crippen molar-refractivity contribution in [2.24, 2.45) is 0 Å². The fraction of sp³-hybridized carbons (Fsp3) is 0.250. The van der Waals surface area contributed by atoms with Gasteiger partial charge in [0.05, 0.1) is 5.56 Å². The largest absolute Gasteiger partial charge is 0.349 e. The van der Waals surface area contributed by atoms with Gasteiger partial charge in [-0.25, -0.2) is 4.39 Å². The first-order chi connectivity index (χ1) is 7.54. The summed E-state index contributed by atoms with van der Waals surface area (Å²) < 4.78 is 13.5. The van der Waals surface area contributed by atoms with E-state index >= 15 is 0 Å². The third-order valence-corrected chi connectivity index (χ3v) is 2.67. The lowest BCUT2D eigenvalue weighted by Crippen LogP contribution is -2.32. The molecule has 1 atom stereocenters. The van der Waals surface area contributed by atoms with Crippen LogP contribution in [0.15, 0.2) is 22.7 Å². The van der Waals surface area contributed by atoms with E-state index in [4.69, 9.17) is 6.42 Å². The minimum atomic E-state index is -0.446. The third-order valence-electron chi connectivity index (χ3n) is 1.97. The summed E-state index contributed by atoms with van der Waals surface area (Å²) in [6.45, 7) is 1.80. The molecule has 1 N–H and O–H groups in total. The van der Waals surface area contributed by atoms with Crippen molar-refractivity contribution < 1.29 is 9.18 Å². The van der Waals surface area contributed by atoms with Crippen molar-refractivity contribution in [1.29, 1.82) is 0 Å². The number of carbonyl (C=O) groups is 1. The van der Waals surface area contributed by atoms with Gasteiger partial charge in [0.1, 0.15) is 5.82 Å². The molecule has 0 spiro atoms. The second kappa shape index (κ2) is 5.66. The van der Waals surface area contributed by atoms with Crippen LogP contribution >= 0.6 is 15.9 Å². The standard InChI is InChI=1S/C12H11BrFNO/c1-3-4-8(2)15-12(16)10-7-9(14)5-6-11(10)13/h1,5-8H,4H2,2H3,(H,15,16). The lowest BCUT2D eigenvalue weighted by atomic mass is 10.2. The van der Waals surface area contributed by atoms with Crippen molar-refractivity contribution in [1.82, 2.24) is 5.32 Å². The Kier molecular flexibility index (Phi) is 4.51. The third kappa shape index (κ3) is 3.35. The number of rotatable bonds is 3. The van der Waals surface area contributed by atoms with Gasteiger partial charge in [-0.2, -0.15) is 0 Å². The summed E-state index contributed by atoms with van der Waals surface area (Å²) in [4.78, 5) is 11.7. The molecular weight excluding hydrogens is 273 g/mol. The fourth-order valence-corrected chi connectivity index (χ4v) is 1.63. The number of halogens is 2. The van der Waals surface area contributed by atoms with Gasteiger partial charge in [0.2, 0.25) is 0 Å². The molecule has 4 heteroatoms. The topological polar surface area (TPSA) is 29.1 Å². The van der Waals surface area contributed by atoms with Crippen molar-refractivity contribution in [2.75, 3.05) is 0 Å². The summed E-state index contributed by atoms with van der Waals surface area (Å²) in [6, 6.07) is 3.83. The average molecular weight is 284 g/mol. The summed E-state index contributed by atoms with van der Waals surface area (Å²) in [6.07, 6.45) is 5.57. The first-order valence-corrected chi connectivity index (χ1v) is 5.53. The maximum absolute atomic E-state index is 13.0. The first kappa shape index (κ1) is 12.7. The van der Waals surface area contributed by atoms with Crippen molar-refractivity contribution in [3.05, 3.63) is 34.1 Å². The summed E-state index contributed by atoms with van der Waals surface area (Å²) in [5.74, 6) is 1.66. The Bertz CT molecular complexity index is 439. The van der Waals surface area contributed by atoms with E-state index in [1.54, 1.807) is 6.92 Å². The highest BCUT2D eigenvalue weighted by Crippen LogP contribution is 2.17. The zero-order chi connectivity index (χ0) is 12.1. The second-order valence-corrected chi connectivity index (χ2v) is 4.26. The Morgan fingerprint density at radius 1 is 1.69 bits per heavy atom. The highest BCUT2D eigenvalue weighted by atomic mass is 79.9. The maximum Gasteiger partial charge on any atom is 0.252 e. The lowest BCUT2D eigenvalue weighted by Gasteiger charge is -2.11. The molecule has 1 aromatic rings. The van der Waals surface area contributed by atoms with E-state index in [0.717, 1.165) is 0 Å². The van der Waals surface area contributed by atoms with Crippen molar-refractivity contribution in [3.63, 3.8) is 0 Å². The molecule has 0 fully saturated rings. The summed E-state index contributed by atoms with van der Waals surface area (Å²) in [5, 5.41) is 2.69. The number of nitrogens with one attached hydrogen (secondary N) is 1. The normalized spacial score (nSPS) is 11.6. The molecule has 16 heavy (non-hydrogen) atoms. The van der Waals surface area contributed by atoms with Crippen LogP contribution < -0.4 is 5.32 Å². The van der Waals surface area contributed by atoms with E-state index in [9.17, 15) is 9.18 Å². The summed E-state index contributed by atoms with van der Waals surface area (Å²) >= 11 is 3.19. The van der Waals surface area contributed by atoms with Crippen LogP contribution in [0.4, 0.5) is 4.39 Å². The minimum absolute atomic E-state index is 0.132. The van der Waals surface area contributed by atoms with E-state index in [0.29, 0.717) is 10.9 Å². The number of carbonyl (C=O) groups excluding carboxylic acids is 1. The molecular formula is C12H11BrFNO. The van der Waals surface area contributed by atoms with Crippen molar-refractivity contribution in [3.8, 4) is 12.3 Å². The van der Waals surface area contributed by atoms with Gasteiger partial charge in [0, 0.05) is 16.9 Å². The molecule has 1 aromatic carbocycles. The zero-order valence-corrected chi connectivity index (χ0v) is 10.3. The maximum atomic E-state index is 13.0. The summed E-state index contributed by atoms with van der Waals surface area (Å²) in [7, 11) is 0. The van der Waals surface area contributed by atoms with Gasteiger partial charge in [-0.15, -0.1) is 12.3 Å². The van der Waals surface area contributed by atoms with E-state index in [-0.39, 0.29) is 17.5 Å². The quantitative estimate of drug-likeness (QED) is 0.850. The van der Waals surface area contributed by atoms with E-state index in [2.05, 4.69) is 27.2 Å². The smallest absolute Gasteiger partial charge is 0.252 e. The van der Waals surface area contributed by atoms with Crippen LogP contribution in [0.1, 0.15) is 23.7 Å². The number of benzene rings is 1. The van der Waals surface area contributed by atoms with Crippen molar-refractivity contribution >= 4 is 21.8 Å². The predicted molar refractivity (Wildman–Crippen MR) is 64.5 cm³/mol. The molecule has 84 valence electrons. The minimum Gasteiger partial charge on any atom is -0.349 e. The number of amides is 1. The van der Waals surface area contributed by atoms with Crippen LogP contribution in [0.25, 0.3) is 0 Å². The van der Waals surface area contributed by atoms with Gasteiger partial charge in [-0.1, -0.05) is 0 Å².